The van der Waals surface area contributed by atoms with E-state index in [2.05, 4.69) is 5.92 Å². The molecule has 2 heteroatoms. The number of hydrogen-bond donors (Lipinski definition) is 1. The monoisotopic (exact) mass is 127 g/mol. The summed E-state index contributed by atoms with van der Waals surface area (Å²) in [6.07, 6.45) is 5.02. The smallest absolute Gasteiger partial charge is 0.0924 e. The Kier molecular flexibility index (Phi) is 4.12. The summed E-state index contributed by atoms with van der Waals surface area (Å²) in [5.74, 6) is 2.40. The van der Waals surface area contributed by atoms with Gasteiger partial charge >= 0.3 is 0 Å². The van der Waals surface area contributed by atoms with Gasteiger partial charge in [-0.3, -0.25) is 0 Å². The minimum Gasteiger partial charge on any atom is -0.376 e. The number of rotatable bonds is 3. The fourth-order valence-electron chi connectivity index (χ4n) is 0.502. The van der Waals surface area contributed by atoms with Crippen molar-refractivity contribution in [3.05, 3.63) is 0 Å². The van der Waals surface area contributed by atoms with Crippen LogP contribution in [-0.4, -0.2) is 18.8 Å². The minimum atomic E-state index is -0.273. The summed E-state index contributed by atoms with van der Waals surface area (Å²) >= 11 is 0. The van der Waals surface area contributed by atoms with Crippen molar-refractivity contribution in [3.8, 4) is 12.3 Å². The Bertz CT molecular complexity index is 106. The first kappa shape index (κ1) is 8.48. The molecular weight excluding hydrogens is 114 g/mol. The van der Waals surface area contributed by atoms with E-state index in [4.69, 9.17) is 16.9 Å². The van der Waals surface area contributed by atoms with Crippen LogP contribution in [0.1, 0.15) is 13.8 Å². The molecule has 0 rings (SSSR count). The highest BCUT2D eigenvalue weighted by atomic mass is 16.5. The molecule has 0 aromatic heterocycles. The van der Waals surface area contributed by atoms with E-state index in [1.807, 2.05) is 13.8 Å². The van der Waals surface area contributed by atoms with Gasteiger partial charge in [0.2, 0.25) is 0 Å². The molecule has 9 heavy (non-hydrogen) atoms. The maximum absolute atomic E-state index is 5.44. The van der Waals surface area contributed by atoms with Crippen LogP contribution in [0.3, 0.4) is 0 Å². The fourth-order valence-corrected chi connectivity index (χ4v) is 0.502. The molecule has 0 aliphatic rings. The molecule has 0 aliphatic carbocycles. The molecule has 0 bridgehead atoms. The van der Waals surface area contributed by atoms with Crippen LogP contribution in [0.15, 0.2) is 0 Å². The summed E-state index contributed by atoms with van der Waals surface area (Å²) in [5, 5.41) is 0. The number of ether oxygens (including phenoxy) is 1. The first-order valence-electron chi connectivity index (χ1n) is 3.05. The van der Waals surface area contributed by atoms with E-state index in [1.165, 1.54) is 0 Å². The molecule has 0 heterocycles. The van der Waals surface area contributed by atoms with Crippen LogP contribution < -0.4 is 5.73 Å². The molecule has 0 spiro atoms. The minimum absolute atomic E-state index is 0.0278. The third-order valence-electron chi connectivity index (χ3n) is 1.13. The molecule has 52 valence electrons. The highest BCUT2D eigenvalue weighted by Crippen LogP contribution is 1.93. The fraction of sp³-hybridized carbons (Fsp3) is 0.714. The first-order chi connectivity index (χ1) is 4.22. The number of nitrogens with two attached hydrogens (primary N) is 1. The van der Waals surface area contributed by atoms with Crippen molar-refractivity contribution < 1.29 is 4.74 Å². The molecule has 2 nitrogen and oxygen atoms in total. The summed E-state index contributed by atoms with van der Waals surface area (Å²) in [5.41, 5.74) is 5.44. The second-order valence-electron chi connectivity index (χ2n) is 1.85. The lowest BCUT2D eigenvalue weighted by Crippen LogP contribution is -2.32. The molecule has 2 atom stereocenters. The third kappa shape index (κ3) is 3.12. The predicted molar refractivity (Wildman–Crippen MR) is 37.9 cm³/mol. The molecule has 0 radical (unpaired) electrons. The normalized spacial score (nSPS) is 16.2. The van der Waals surface area contributed by atoms with Gasteiger partial charge in [0.25, 0.3) is 0 Å². The molecule has 0 aliphatic heterocycles. The SMILES string of the molecule is C#CC(N)C(C)OCC. The zero-order chi connectivity index (χ0) is 7.28. The van der Waals surface area contributed by atoms with Gasteiger partial charge < -0.3 is 10.5 Å². The van der Waals surface area contributed by atoms with Crippen molar-refractivity contribution in [2.24, 2.45) is 5.73 Å². The number of terminal acetylenes is 1. The summed E-state index contributed by atoms with van der Waals surface area (Å²) in [6, 6.07) is -0.273. The zero-order valence-electron chi connectivity index (χ0n) is 5.92. The molecule has 0 amide bonds. The summed E-state index contributed by atoms with van der Waals surface area (Å²) in [6.45, 7) is 4.45. The Hall–Kier alpha value is -0.520. The quantitative estimate of drug-likeness (QED) is 0.556. The predicted octanol–water partition coefficient (Wildman–Crippen LogP) is 0.372. The Morgan fingerprint density at radius 3 is 2.67 bits per heavy atom. The van der Waals surface area contributed by atoms with Crippen LogP contribution in [0.2, 0.25) is 0 Å². The summed E-state index contributed by atoms with van der Waals surface area (Å²) in [4.78, 5) is 0. The Labute approximate surface area is 56.4 Å². The molecular formula is C7H13NO. The highest BCUT2D eigenvalue weighted by molar-refractivity contribution is 4.99. The van der Waals surface area contributed by atoms with Crippen LogP contribution in [0.4, 0.5) is 0 Å². The van der Waals surface area contributed by atoms with Gasteiger partial charge in [-0.25, -0.2) is 0 Å². The van der Waals surface area contributed by atoms with Gasteiger partial charge in [0.05, 0.1) is 12.1 Å². The van der Waals surface area contributed by atoms with Crippen molar-refractivity contribution in [1.29, 1.82) is 0 Å². The van der Waals surface area contributed by atoms with E-state index in [1.54, 1.807) is 0 Å². The average Bonchev–Trinajstić information content (AvgIpc) is 1.87. The molecule has 0 fully saturated rings. The van der Waals surface area contributed by atoms with Crippen molar-refractivity contribution in [1.82, 2.24) is 0 Å². The van der Waals surface area contributed by atoms with Crippen LogP contribution in [0, 0.1) is 12.3 Å². The van der Waals surface area contributed by atoms with Gasteiger partial charge in [0.15, 0.2) is 0 Å². The van der Waals surface area contributed by atoms with Gasteiger partial charge in [-0.15, -0.1) is 6.42 Å². The van der Waals surface area contributed by atoms with Crippen LogP contribution in [0.25, 0.3) is 0 Å². The van der Waals surface area contributed by atoms with Crippen LogP contribution >= 0.6 is 0 Å². The second kappa shape index (κ2) is 4.37. The Balaban J connectivity index is 3.48. The van der Waals surface area contributed by atoms with Crippen molar-refractivity contribution in [3.63, 3.8) is 0 Å². The van der Waals surface area contributed by atoms with Gasteiger partial charge in [0.1, 0.15) is 0 Å². The summed E-state index contributed by atoms with van der Waals surface area (Å²) < 4.78 is 5.13. The zero-order valence-corrected chi connectivity index (χ0v) is 5.92. The molecule has 2 N–H and O–H groups in total. The lowest BCUT2D eigenvalue weighted by molar-refractivity contribution is 0.0697. The largest absolute Gasteiger partial charge is 0.376 e. The van der Waals surface area contributed by atoms with Gasteiger partial charge in [0, 0.05) is 6.61 Å². The van der Waals surface area contributed by atoms with E-state index in [-0.39, 0.29) is 12.1 Å². The Morgan fingerprint density at radius 2 is 2.33 bits per heavy atom. The lowest BCUT2D eigenvalue weighted by atomic mass is 10.2. The van der Waals surface area contributed by atoms with Gasteiger partial charge in [-0.05, 0) is 13.8 Å². The highest BCUT2D eigenvalue weighted by Gasteiger charge is 2.07. The third-order valence-corrected chi connectivity index (χ3v) is 1.13. The van der Waals surface area contributed by atoms with Gasteiger partial charge in [-0.1, -0.05) is 5.92 Å². The molecule has 0 aromatic carbocycles. The van der Waals surface area contributed by atoms with Crippen molar-refractivity contribution in [2.75, 3.05) is 6.61 Å². The van der Waals surface area contributed by atoms with Gasteiger partial charge in [-0.2, -0.15) is 0 Å². The van der Waals surface area contributed by atoms with Crippen LogP contribution in [0.5, 0.6) is 0 Å². The molecule has 0 aromatic rings. The van der Waals surface area contributed by atoms with E-state index >= 15 is 0 Å². The molecule has 0 saturated carbocycles. The average molecular weight is 127 g/mol. The van der Waals surface area contributed by atoms with E-state index < -0.39 is 0 Å². The summed E-state index contributed by atoms with van der Waals surface area (Å²) in [7, 11) is 0. The topological polar surface area (TPSA) is 35.2 Å². The molecule has 2 unspecified atom stereocenters. The van der Waals surface area contributed by atoms with Crippen molar-refractivity contribution in [2.45, 2.75) is 26.0 Å². The standard InChI is InChI=1S/C7H13NO/c1-4-7(8)6(3)9-5-2/h1,6-7H,5,8H2,2-3H3. The Morgan fingerprint density at radius 1 is 1.78 bits per heavy atom. The van der Waals surface area contributed by atoms with Crippen molar-refractivity contribution >= 4 is 0 Å². The van der Waals surface area contributed by atoms with Crippen LogP contribution in [-0.2, 0) is 4.74 Å². The number of hydrogen-bond acceptors (Lipinski definition) is 2. The van der Waals surface area contributed by atoms with E-state index in [9.17, 15) is 0 Å². The van der Waals surface area contributed by atoms with E-state index in [0.717, 1.165) is 0 Å². The maximum Gasteiger partial charge on any atom is 0.0924 e. The molecule has 0 saturated heterocycles. The first-order valence-corrected chi connectivity index (χ1v) is 3.05. The maximum atomic E-state index is 5.44. The second-order valence-corrected chi connectivity index (χ2v) is 1.85. The lowest BCUT2D eigenvalue weighted by Gasteiger charge is -2.13. The van der Waals surface area contributed by atoms with E-state index in [0.29, 0.717) is 6.61 Å².